The van der Waals surface area contributed by atoms with Crippen LogP contribution in [-0.4, -0.2) is 95.0 Å². The van der Waals surface area contributed by atoms with E-state index in [4.69, 9.17) is 54.4 Å². The van der Waals surface area contributed by atoms with Crippen LogP contribution in [0.1, 0.15) is 34.1 Å². The summed E-state index contributed by atoms with van der Waals surface area (Å²) in [6.07, 6.45) is -0.984. The number of alkyl carbamates (subject to hydrolysis) is 1. The molecule has 0 unspecified atom stereocenters. The van der Waals surface area contributed by atoms with Gasteiger partial charge in [-0.05, 0) is 25.1 Å². The number of halogens is 3. The van der Waals surface area contributed by atoms with Gasteiger partial charge < -0.3 is 19.6 Å². The number of hydrogen-bond donors (Lipinski definition) is 2. The first-order valence-electron chi connectivity index (χ1n) is 13.5. The molecular weight excluding hydrogens is 663 g/mol. The Morgan fingerprint density at radius 1 is 1.23 bits per heavy atom. The van der Waals surface area contributed by atoms with E-state index in [-0.39, 0.29) is 42.8 Å². The Hall–Kier alpha value is -1.81. The molecule has 3 aliphatic heterocycles. The summed E-state index contributed by atoms with van der Waals surface area (Å²) in [7, 11) is -2.20. The molecule has 240 valence electrons. The number of rotatable bonds is 10. The number of alkyl halides is 3. The van der Waals surface area contributed by atoms with E-state index in [9.17, 15) is 24.0 Å². The fourth-order valence-electron chi connectivity index (χ4n) is 4.81. The van der Waals surface area contributed by atoms with Crippen LogP contribution in [0.3, 0.4) is 0 Å². The fourth-order valence-corrected chi connectivity index (χ4v) is 8.00. The predicted octanol–water partition coefficient (Wildman–Crippen LogP) is 3.42. The van der Waals surface area contributed by atoms with Gasteiger partial charge in [-0.3, -0.25) is 29.5 Å². The molecule has 2 saturated heterocycles. The number of hydrogen-bond acceptors (Lipinski definition) is 10. The summed E-state index contributed by atoms with van der Waals surface area (Å²) in [6, 6.07) is -0.874. The van der Waals surface area contributed by atoms with Crippen molar-refractivity contribution in [2.45, 2.75) is 79.7 Å². The number of carbonyl (C=O) groups is 5. The maximum absolute atomic E-state index is 13.5. The lowest BCUT2D eigenvalue weighted by Crippen LogP contribution is -2.62. The second-order valence-electron chi connectivity index (χ2n) is 12.0. The monoisotopic (exact) mass is 698 g/mol. The molecular formula is C26H37Cl3N4O8SSi. The zero-order chi connectivity index (χ0) is 32.7. The number of carbonyl (C=O) groups excluding carboxylic acids is 5. The highest BCUT2D eigenvalue weighted by atomic mass is 35.6. The Morgan fingerprint density at radius 2 is 1.86 bits per heavy atom. The molecule has 3 N–H and O–H groups in total. The van der Waals surface area contributed by atoms with Crippen molar-refractivity contribution in [1.82, 2.24) is 15.1 Å². The van der Waals surface area contributed by atoms with Gasteiger partial charge in [0.15, 0.2) is 8.32 Å². The molecule has 0 bridgehead atoms. The maximum Gasteiger partial charge on any atom is 0.414 e. The third-order valence-electron chi connectivity index (χ3n) is 7.96. The van der Waals surface area contributed by atoms with E-state index in [1.54, 1.807) is 4.90 Å². The standard InChI is InChI=1S/C26H37Cl3N4O8SSi/c1-8-9-39-22(36)18-16(42-21-17(20(35)33(18)21)13(2)41-43(6,7)25(3,4)5)12-32-11-14(10-15(32)19(30)34)40-24(38)31-23(37)26(27,28)29/h8,13-15,17,21H,1,9-12H2,2-7H3,(H2,30,34)(H,31,37,38)/t13-,14-,15+,17+,21-/m1/s1. The third kappa shape index (κ3) is 7.89. The van der Waals surface area contributed by atoms with Gasteiger partial charge in [0.2, 0.25) is 11.8 Å². The Labute approximate surface area is 271 Å². The molecule has 0 aromatic carbocycles. The SMILES string of the molecule is C=CCOC(=O)C1=C(CN2C[C@H](OC(=O)NC(=O)C(Cl)(Cl)Cl)C[C@H]2C(N)=O)S[C@@H]2[C@@H]([C@@H](C)O[Si](C)(C)C(C)(C)C)C(=O)N12. The fraction of sp³-hybridized carbons (Fsp3) is 0.654. The number of fused-ring (bicyclic) bond motifs is 1. The predicted molar refractivity (Wildman–Crippen MR) is 166 cm³/mol. The van der Waals surface area contributed by atoms with Crippen LogP contribution in [0.5, 0.6) is 0 Å². The van der Waals surface area contributed by atoms with E-state index in [1.165, 1.54) is 22.7 Å². The number of nitrogens with one attached hydrogen (secondary N) is 1. The smallest absolute Gasteiger partial charge is 0.414 e. The summed E-state index contributed by atoms with van der Waals surface area (Å²) in [5, 5.41) is 1.34. The molecule has 0 aromatic heterocycles. The van der Waals surface area contributed by atoms with Crippen LogP contribution in [0.25, 0.3) is 0 Å². The van der Waals surface area contributed by atoms with Crippen LogP contribution >= 0.6 is 46.6 Å². The second kappa shape index (κ2) is 13.3. The minimum Gasteiger partial charge on any atom is -0.457 e. The van der Waals surface area contributed by atoms with Gasteiger partial charge in [-0.1, -0.05) is 68.2 Å². The van der Waals surface area contributed by atoms with E-state index in [0.29, 0.717) is 4.91 Å². The van der Waals surface area contributed by atoms with Crippen LogP contribution in [0.4, 0.5) is 4.79 Å². The number of esters is 1. The van der Waals surface area contributed by atoms with Crippen molar-refractivity contribution >= 4 is 84.7 Å². The summed E-state index contributed by atoms with van der Waals surface area (Å²) < 4.78 is 14.7. The molecule has 3 rings (SSSR count). The van der Waals surface area contributed by atoms with Gasteiger partial charge in [0.1, 0.15) is 23.8 Å². The molecule has 2 fully saturated rings. The average Bonchev–Trinajstić information content (AvgIpc) is 3.39. The lowest BCUT2D eigenvalue weighted by Gasteiger charge is -2.48. The number of primary amides is 1. The number of imide groups is 1. The van der Waals surface area contributed by atoms with E-state index < -0.39 is 65.5 Å². The molecule has 0 aromatic rings. The molecule has 3 heterocycles. The Morgan fingerprint density at radius 3 is 2.40 bits per heavy atom. The summed E-state index contributed by atoms with van der Waals surface area (Å²) in [6.45, 7) is 16.0. The van der Waals surface area contributed by atoms with E-state index in [1.807, 2.05) is 12.2 Å². The highest BCUT2D eigenvalue weighted by molar-refractivity contribution is 8.04. The van der Waals surface area contributed by atoms with Crippen LogP contribution < -0.4 is 11.1 Å². The number of amides is 4. The number of thioether (sulfide) groups is 1. The first-order valence-corrected chi connectivity index (χ1v) is 18.4. The van der Waals surface area contributed by atoms with Crippen LogP contribution in [0.15, 0.2) is 23.3 Å². The second-order valence-corrected chi connectivity index (χ2v) is 20.3. The van der Waals surface area contributed by atoms with Crippen molar-refractivity contribution in [3.63, 3.8) is 0 Å². The highest BCUT2D eigenvalue weighted by Gasteiger charge is 2.59. The highest BCUT2D eigenvalue weighted by Crippen LogP contribution is 2.52. The molecule has 4 amide bonds. The van der Waals surface area contributed by atoms with Crippen molar-refractivity contribution in [1.29, 1.82) is 0 Å². The first kappa shape index (κ1) is 35.7. The van der Waals surface area contributed by atoms with Crippen molar-refractivity contribution in [3.8, 4) is 0 Å². The zero-order valence-electron chi connectivity index (χ0n) is 24.8. The maximum atomic E-state index is 13.5. The van der Waals surface area contributed by atoms with Gasteiger partial charge in [-0.15, -0.1) is 11.8 Å². The molecule has 0 radical (unpaired) electrons. The Bertz CT molecular complexity index is 1220. The zero-order valence-corrected chi connectivity index (χ0v) is 28.9. The average molecular weight is 700 g/mol. The van der Waals surface area contributed by atoms with Crippen LogP contribution in [-0.2, 0) is 33.1 Å². The molecule has 17 heteroatoms. The normalized spacial score (nSPS) is 25.1. The van der Waals surface area contributed by atoms with Crippen molar-refractivity contribution in [3.05, 3.63) is 23.3 Å². The van der Waals surface area contributed by atoms with Gasteiger partial charge in [-0.25, -0.2) is 9.59 Å². The molecule has 3 aliphatic rings. The number of likely N-dealkylation sites (tertiary alicyclic amines) is 1. The number of nitrogens with zero attached hydrogens (tertiary/aromatic N) is 2. The van der Waals surface area contributed by atoms with Crippen molar-refractivity contribution in [2.24, 2.45) is 11.7 Å². The quantitative estimate of drug-likeness (QED) is 0.114. The Balaban J connectivity index is 1.80. The lowest BCUT2D eigenvalue weighted by molar-refractivity contribution is -0.157. The Kier molecular flexibility index (Phi) is 11.0. The summed E-state index contributed by atoms with van der Waals surface area (Å²) in [4.78, 5) is 66.5. The van der Waals surface area contributed by atoms with Gasteiger partial charge >= 0.3 is 12.1 Å². The van der Waals surface area contributed by atoms with Gasteiger partial charge in [0.25, 0.3) is 9.70 Å². The molecule has 12 nitrogen and oxygen atoms in total. The number of β-lactam (4-membered cyclic amide) rings is 1. The van der Waals surface area contributed by atoms with Crippen LogP contribution in [0.2, 0.25) is 18.1 Å². The topological polar surface area (TPSA) is 158 Å². The minimum atomic E-state index is -2.38. The van der Waals surface area contributed by atoms with E-state index >= 15 is 0 Å². The van der Waals surface area contributed by atoms with Gasteiger partial charge in [0.05, 0.1) is 18.1 Å². The lowest BCUT2D eigenvalue weighted by atomic mass is 9.92. The first-order chi connectivity index (χ1) is 19.7. The van der Waals surface area contributed by atoms with Crippen LogP contribution in [0, 0.1) is 5.92 Å². The molecule has 0 spiro atoms. The molecule has 5 atom stereocenters. The largest absolute Gasteiger partial charge is 0.457 e. The summed E-state index contributed by atoms with van der Waals surface area (Å²) in [5.74, 6) is -3.35. The number of nitrogens with two attached hydrogens (primary N) is 1. The molecule has 0 saturated carbocycles. The summed E-state index contributed by atoms with van der Waals surface area (Å²) >= 11 is 17.7. The van der Waals surface area contributed by atoms with Crippen molar-refractivity contribution in [2.75, 3.05) is 19.7 Å². The van der Waals surface area contributed by atoms with Gasteiger partial charge in [0, 0.05) is 24.4 Å². The number of ether oxygens (including phenoxy) is 2. The van der Waals surface area contributed by atoms with Crippen molar-refractivity contribution < 1.29 is 37.9 Å². The summed E-state index contributed by atoms with van der Waals surface area (Å²) in [5.41, 5.74) is 5.73. The van der Waals surface area contributed by atoms with Gasteiger partial charge in [-0.2, -0.15) is 0 Å². The molecule has 43 heavy (non-hydrogen) atoms. The van der Waals surface area contributed by atoms with E-state index in [2.05, 4.69) is 40.4 Å². The molecule has 0 aliphatic carbocycles. The minimum absolute atomic E-state index is 0.0188. The third-order valence-corrected chi connectivity index (χ3v) is 14.4. The van der Waals surface area contributed by atoms with E-state index in [0.717, 1.165) is 0 Å².